The van der Waals surface area contributed by atoms with Gasteiger partial charge in [-0.15, -0.1) is 11.8 Å². The topological polar surface area (TPSA) is 65.1 Å². The lowest BCUT2D eigenvalue weighted by molar-refractivity contribution is 0.692. The van der Waals surface area contributed by atoms with Crippen LogP contribution in [0.1, 0.15) is 18.1 Å². The molecule has 0 saturated heterocycles. The van der Waals surface area contributed by atoms with Crippen LogP contribution in [0.5, 0.6) is 0 Å². The number of thioether (sulfide) groups is 1. The minimum absolute atomic E-state index is 0.258. The van der Waals surface area contributed by atoms with E-state index in [1.807, 2.05) is 62.4 Å². The van der Waals surface area contributed by atoms with Gasteiger partial charge in [-0.2, -0.15) is 9.36 Å². The Morgan fingerprint density at radius 2 is 1.88 bits per heavy atom. The number of rotatable bonds is 4. The second-order valence-corrected chi connectivity index (χ2v) is 6.79. The zero-order chi connectivity index (χ0) is 17.8. The van der Waals surface area contributed by atoms with Gasteiger partial charge in [0.25, 0.3) is 0 Å². The average molecular weight is 353 g/mol. The summed E-state index contributed by atoms with van der Waals surface area (Å²) in [6.07, 6.45) is 0. The summed E-state index contributed by atoms with van der Waals surface area (Å²) in [5, 5.41) is 8.73. The number of aliphatic imine (C=N–C) groups is 1. The Morgan fingerprint density at radius 3 is 2.56 bits per heavy atom. The maximum atomic E-state index is 12.2. The molecule has 0 aliphatic carbocycles. The summed E-state index contributed by atoms with van der Waals surface area (Å²) in [5.41, 5.74) is 3.60. The van der Waals surface area contributed by atoms with Crippen LogP contribution in [0, 0.1) is 6.92 Å². The summed E-state index contributed by atoms with van der Waals surface area (Å²) in [6, 6.07) is 15.7. The molecular formula is C18H19N5OS. The fourth-order valence-electron chi connectivity index (χ4n) is 2.43. The first-order chi connectivity index (χ1) is 12.1. The van der Waals surface area contributed by atoms with Crippen molar-refractivity contribution in [3.05, 3.63) is 70.1 Å². The summed E-state index contributed by atoms with van der Waals surface area (Å²) in [5.74, 6) is 0.702. The number of hydrogen-bond donors (Lipinski definition) is 0. The Labute approximate surface area is 150 Å². The molecule has 6 nitrogen and oxygen atoms in total. The van der Waals surface area contributed by atoms with E-state index in [4.69, 9.17) is 0 Å². The fraction of sp³-hybridized carbons (Fsp3) is 0.222. The van der Waals surface area contributed by atoms with Crippen molar-refractivity contribution in [2.75, 3.05) is 0 Å². The Kier molecular flexibility index (Phi) is 5.14. The normalized spacial score (nSPS) is 11.7. The summed E-state index contributed by atoms with van der Waals surface area (Å²) in [7, 11) is 1.59. The smallest absolute Gasteiger partial charge is 0.247 e. The van der Waals surface area contributed by atoms with E-state index < -0.39 is 0 Å². The predicted octanol–water partition coefficient (Wildman–Crippen LogP) is 3.26. The van der Waals surface area contributed by atoms with Crippen molar-refractivity contribution in [1.29, 1.82) is 0 Å². The van der Waals surface area contributed by atoms with Crippen LogP contribution in [0.4, 0.5) is 5.69 Å². The lowest BCUT2D eigenvalue weighted by Gasteiger charge is -2.11. The van der Waals surface area contributed by atoms with Crippen molar-refractivity contribution in [1.82, 2.24) is 19.8 Å². The molecule has 3 aromatic rings. The van der Waals surface area contributed by atoms with Crippen LogP contribution in [0.2, 0.25) is 0 Å². The number of nitrogens with zero attached hydrogens (tertiary/aromatic N) is 5. The molecule has 128 valence electrons. The molecule has 0 atom stereocenters. The van der Waals surface area contributed by atoms with E-state index in [0.717, 1.165) is 27.5 Å². The van der Waals surface area contributed by atoms with Gasteiger partial charge in [0.2, 0.25) is 0 Å². The molecule has 0 spiro atoms. The van der Waals surface area contributed by atoms with Gasteiger partial charge in [0.05, 0.1) is 16.4 Å². The zero-order valence-corrected chi connectivity index (χ0v) is 15.2. The van der Waals surface area contributed by atoms with E-state index in [2.05, 4.69) is 15.4 Å². The minimum atomic E-state index is -0.258. The van der Waals surface area contributed by atoms with Gasteiger partial charge in [-0.1, -0.05) is 30.3 Å². The van der Waals surface area contributed by atoms with Gasteiger partial charge in [0.1, 0.15) is 0 Å². The highest BCUT2D eigenvalue weighted by molar-refractivity contribution is 8.13. The summed E-state index contributed by atoms with van der Waals surface area (Å²) < 4.78 is 2.56. The first-order valence-electron chi connectivity index (χ1n) is 7.87. The van der Waals surface area contributed by atoms with Gasteiger partial charge >= 0.3 is 5.69 Å². The van der Waals surface area contributed by atoms with Crippen LogP contribution in [0.15, 0.2) is 58.3 Å². The molecule has 0 aliphatic rings. The van der Waals surface area contributed by atoms with Crippen LogP contribution < -0.4 is 5.69 Å². The molecule has 2 aromatic carbocycles. The van der Waals surface area contributed by atoms with Crippen LogP contribution in [0.3, 0.4) is 0 Å². The van der Waals surface area contributed by atoms with E-state index in [1.165, 1.54) is 9.36 Å². The van der Waals surface area contributed by atoms with Gasteiger partial charge in [-0.25, -0.2) is 9.79 Å². The lowest BCUT2D eigenvalue weighted by Crippen LogP contribution is -2.23. The molecular weight excluding hydrogens is 334 g/mol. The van der Waals surface area contributed by atoms with Gasteiger partial charge in [0.15, 0.2) is 0 Å². The second kappa shape index (κ2) is 7.48. The largest absolute Gasteiger partial charge is 0.368 e. The number of aromatic nitrogens is 4. The molecule has 0 radical (unpaired) electrons. The van der Waals surface area contributed by atoms with Crippen molar-refractivity contribution in [2.24, 2.45) is 12.0 Å². The van der Waals surface area contributed by atoms with Crippen LogP contribution in [-0.2, 0) is 12.8 Å². The predicted molar refractivity (Wildman–Crippen MR) is 102 cm³/mol. The number of tetrazole rings is 1. The molecule has 0 unspecified atom stereocenters. The highest BCUT2D eigenvalue weighted by atomic mass is 32.2. The Hall–Kier alpha value is -2.67. The van der Waals surface area contributed by atoms with Gasteiger partial charge in [-0.3, -0.25) is 0 Å². The van der Waals surface area contributed by atoms with Crippen LogP contribution in [-0.4, -0.2) is 24.8 Å². The molecule has 0 aliphatic heterocycles. The fourth-order valence-corrected chi connectivity index (χ4v) is 3.33. The Morgan fingerprint density at radius 1 is 1.12 bits per heavy atom. The second-order valence-electron chi connectivity index (χ2n) is 5.62. The van der Waals surface area contributed by atoms with E-state index in [-0.39, 0.29) is 5.69 Å². The SMILES string of the molecule is CC(=Nc1ccccc1)SCc1c(C)cccc1-n1nnn(C)c1=O. The van der Waals surface area contributed by atoms with Gasteiger partial charge < -0.3 is 0 Å². The minimum Gasteiger partial charge on any atom is -0.247 e. The number of para-hydroxylation sites is 1. The van der Waals surface area contributed by atoms with Crippen molar-refractivity contribution in [2.45, 2.75) is 19.6 Å². The van der Waals surface area contributed by atoms with E-state index in [1.54, 1.807) is 18.8 Å². The van der Waals surface area contributed by atoms with Gasteiger partial charge in [-0.05, 0) is 53.6 Å². The molecule has 25 heavy (non-hydrogen) atoms. The first kappa shape index (κ1) is 17.2. The van der Waals surface area contributed by atoms with Crippen molar-refractivity contribution in [3.8, 4) is 5.69 Å². The van der Waals surface area contributed by atoms with Crippen LogP contribution >= 0.6 is 11.8 Å². The third-order valence-electron chi connectivity index (χ3n) is 3.80. The molecule has 1 aromatic heterocycles. The molecule has 0 saturated carbocycles. The van der Waals surface area contributed by atoms with Crippen molar-refractivity contribution in [3.63, 3.8) is 0 Å². The highest BCUT2D eigenvalue weighted by Crippen LogP contribution is 2.24. The Balaban J connectivity index is 1.87. The molecule has 7 heteroatoms. The summed E-state index contributed by atoms with van der Waals surface area (Å²) >= 11 is 1.64. The lowest BCUT2D eigenvalue weighted by atomic mass is 10.1. The molecule has 1 heterocycles. The summed E-state index contributed by atoms with van der Waals surface area (Å²) in [4.78, 5) is 16.8. The maximum absolute atomic E-state index is 12.2. The first-order valence-corrected chi connectivity index (χ1v) is 8.86. The van der Waals surface area contributed by atoms with E-state index in [0.29, 0.717) is 5.75 Å². The molecule has 0 N–H and O–H groups in total. The van der Waals surface area contributed by atoms with Crippen molar-refractivity contribution >= 4 is 22.5 Å². The monoisotopic (exact) mass is 353 g/mol. The van der Waals surface area contributed by atoms with Crippen LogP contribution in [0.25, 0.3) is 5.69 Å². The third-order valence-corrected chi connectivity index (χ3v) is 4.75. The summed E-state index contributed by atoms with van der Waals surface area (Å²) in [6.45, 7) is 4.02. The van der Waals surface area contributed by atoms with Crippen molar-refractivity contribution < 1.29 is 0 Å². The van der Waals surface area contributed by atoms with E-state index in [9.17, 15) is 4.79 Å². The molecule has 0 fully saturated rings. The standard InChI is InChI=1S/C18H19N5OS/c1-13-8-7-11-17(23-18(24)22(3)20-21-23)16(13)12-25-14(2)19-15-9-5-4-6-10-15/h4-11H,12H2,1-3H3. The molecule has 3 rings (SSSR count). The number of hydrogen-bond acceptors (Lipinski definition) is 5. The highest BCUT2D eigenvalue weighted by Gasteiger charge is 2.13. The number of benzene rings is 2. The third kappa shape index (κ3) is 3.88. The Bertz CT molecular complexity index is 959. The average Bonchev–Trinajstić information content (AvgIpc) is 2.93. The molecule has 0 amide bonds. The zero-order valence-electron chi connectivity index (χ0n) is 14.4. The number of aryl methyl sites for hydroxylation is 2. The van der Waals surface area contributed by atoms with Gasteiger partial charge in [0, 0.05) is 12.8 Å². The quantitative estimate of drug-likeness (QED) is 0.533. The maximum Gasteiger partial charge on any atom is 0.368 e. The van der Waals surface area contributed by atoms with E-state index >= 15 is 0 Å². The molecule has 0 bridgehead atoms.